The highest BCUT2D eigenvalue weighted by Crippen LogP contribution is 2.51. The molecule has 0 amide bonds. The molecule has 3 rings (SSSR count). The number of nitrogens with zero attached hydrogens (tertiary/aromatic N) is 1. The lowest BCUT2D eigenvalue weighted by Crippen LogP contribution is -2.54. The molecule has 3 heteroatoms. The predicted octanol–water partition coefficient (Wildman–Crippen LogP) is 3.40. The number of aliphatic imine (C=N–C) groups is 1. The number of hydrogen-bond acceptors (Lipinski definition) is 2. The van der Waals surface area contributed by atoms with Crippen LogP contribution in [0, 0.1) is 5.41 Å². The molecule has 0 saturated carbocycles. The van der Waals surface area contributed by atoms with Crippen molar-refractivity contribution < 1.29 is 5.11 Å². The Morgan fingerprint density at radius 2 is 1.57 bits per heavy atom. The summed E-state index contributed by atoms with van der Waals surface area (Å²) in [4.78, 5) is 4.37. The quantitative estimate of drug-likeness (QED) is 0.841. The van der Waals surface area contributed by atoms with Gasteiger partial charge in [0.05, 0.1) is 5.41 Å². The fourth-order valence-corrected chi connectivity index (χ4v) is 3.23. The molecule has 0 bridgehead atoms. The van der Waals surface area contributed by atoms with Crippen LogP contribution >= 0.6 is 0 Å². The van der Waals surface area contributed by atoms with E-state index < -0.39 is 11.0 Å². The van der Waals surface area contributed by atoms with Crippen LogP contribution in [-0.4, -0.2) is 18.0 Å². The van der Waals surface area contributed by atoms with Gasteiger partial charge in [-0.05, 0) is 25.5 Å². The fourth-order valence-electron chi connectivity index (χ4n) is 3.23. The molecular formula is C18H20N2O. The molecular weight excluding hydrogens is 260 g/mol. The van der Waals surface area contributed by atoms with E-state index in [-0.39, 0.29) is 0 Å². The lowest BCUT2D eigenvalue weighted by atomic mass is 9.64. The molecule has 0 saturated heterocycles. The number of rotatable bonds is 1. The first-order valence-electron chi connectivity index (χ1n) is 7.13. The van der Waals surface area contributed by atoms with Gasteiger partial charge < -0.3 is 10.4 Å². The second-order valence-corrected chi connectivity index (χ2v) is 5.94. The second-order valence-electron chi connectivity index (χ2n) is 5.94. The molecule has 3 nitrogen and oxygen atoms in total. The first kappa shape index (κ1) is 13.8. The van der Waals surface area contributed by atoms with Crippen molar-refractivity contribution in [3.63, 3.8) is 0 Å². The molecule has 1 aliphatic rings. The van der Waals surface area contributed by atoms with Crippen molar-refractivity contribution in [2.24, 2.45) is 10.4 Å². The maximum absolute atomic E-state index is 11.7. The zero-order valence-electron chi connectivity index (χ0n) is 12.6. The number of amidine groups is 1. The Bertz CT molecular complexity index is 691. The van der Waals surface area contributed by atoms with Crippen molar-refractivity contribution in [2.75, 3.05) is 12.4 Å². The van der Waals surface area contributed by atoms with Crippen LogP contribution < -0.4 is 5.32 Å². The summed E-state index contributed by atoms with van der Waals surface area (Å²) < 4.78 is 0. The maximum atomic E-state index is 11.7. The minimum Gasteiger partial charge on any atom is -0.379 e. The number of hydrogen-bond donors (Lipinski definition) is 2. The molecule has 1 heterocycles. The molecule has 1 atom stereocenters. The summed E-state index contributed by atoms with van der Waals surface area (Å²) in [7, 11) is 1.75. The van der Waals surface area contributed by atoms with Gasteiger partial charge in [0, 0.05) is 18.3 Å². The Balaban J connectivity index is 2.34. The Morgan fingerprint density at radius 1 is 0.952 bits per heavy atom. The summed E-state index contributed by atoms with van der Waals surface area (Å²) in [5.74, 6) is 0.785. The zero-order chi connectivity index (χ0) is 15.1. The van der Waals surface area contributed by atoms with E-state index in [0.29, 0.717) is 0 Å². The smallest absolute Gasteiger partial charge is 0.129 e. The van der Waals surface area contributed by atoms with Gasteiger partial charge in [0.1, 0.15) is 11.4 Å². The Labute approximate surface area is 125 Å². The van der Waals surface area contributed by atoms with E-state index in [4.69, 9.17) is 0 Å². The first-order valence-corrected chi connectivity index (χ1v) is 7.13. The summed E-state index contributed by atoms with van der Waals surface area (Å²) >= 11 is 0. The molecule has 0 radical (unpaired) electrons. The molecule has 0 aliphatic carbocycles. The molecule has 0 fully saturated rings. The third-order valence-corrected chi connectivity index (χ3v) is 4.48. The summed E-state index contributed by atoms with van der Waals surface area (Å²) in [5, 5.41) is 15.1. The molecule has 21 heavy (non-hydrogen) atoms. The molecule has 1 unspecified atom stereocenters. The number of aliphatic hydroxyl groups is 1. The van der Waals surface area contributed by atoms with Crippen molar-refractivity contribution in [3.8, 4) is 0 Å². The van der Waals surface area contributed by atoms with Crippen molar-refractivity contribution in [1.82, 2.24) is 0 Å². The number of para-hydroxylation sites is 1. The van der Waals surface area contributed by atoms with Crippen LogP contribution in [0.5, 0.6) is 0 Å². The zero-order valence-corrected chi connectivity index (χ0v) is 12.6. The summed E-state index contributed by atoms with van der Waals surface area (Å²) in [6, 6.07) is 17.7. The van der Waals surface area contributed by atoms with E-state index in [0.717, 1.165) is 22.6 Å². The number of nitrogens with one attached hydrogen (secondary N) is 1. The third-order valence-electron chi connectivity index (χ3n) is 4.48. The molecule has 2 aromatic carbocycles. The largest absolute Gasteiger partial charge is 0.379 e. The lowest BCUT2D eigenvalue weighted by Gasteiger charge is -2.48. The van der Waals surface area contributed by atoms with Crippen LogP contribution in [0.25, 0.3) is 0 Å². The standard InChI is InChI=1S/C18H20N2O/c1-17(2)16(19-3)20-15-12-8-7-11-14(15)18(17,21)13-9-5-4-6-10-13/h4-12,21H,1-3H3,(H,19,20). The fraction of sp³-hybridized carbons (Fsp3) is 0.278. The summed E-state index contributed by atoms with van der Waals surface area (Å²) in [5.41, 5.74) is 0.991. The van der Waals surface area contributed by atoms with E-state index >= 15 is 0 Å². The van der Waals surface area contributed by atoms with Crippen LogP contribution in [0.1, 0.15) is 25.0 Å². The Hall–Kier alpha value is -2.13. The van der Waals surface area contributed by atoms with Crippen LogP contribution in [0.4, 0.5) is 5.69 Å². The molecule has 2 N–H and O–H groups in total. The minimum absolute atomic E-state index is 0.558. The summed E-state index contributed by atoms with van der Waals surface area (Å²) in [6.45, 7) is 4.04. The monoisotopic (exact) mass is 280 g/mol. The van der Waals surface area contributed by atoms with Crippen LogP contribution in [0.2, 0.25) is 0 Å². The number of anilines is 1. The average Bonchev–Trinajstić information content (AvgIpc) is 2.51. The van der Waals surface area contributed by atoms with E-state index in [1.165, 1.54) is 0 Å². The highest BCUT2D eigenvalue weighted by atomic mass is 16.3. The SMILES string of the molecule is CN=C1Nc2ccccc2C(O)(c2ccccc2)C1(C)C. The predicted molar refractivity (Wildman–Crippen MR) is 86.6 cm³/mol. The van der Waals surface area contributed by atoms with Gasteiger partial charge in [0.25, 0.3) is 0 Å². The Kier molecular flexibility index (Phi) is 3.10. The van der Waals surface area contributed by atoms with E-state index in [1.54, 1.807) is 7.05 Å². The van der Waals surface area contributed by atoms with Crippen molar-refractivity contribution in [1.29, 1.82) is 0 Å². The summed E-state index contributed by atoms with van der Waals surface area (Å²) in [6.07, 6.45) is 0. The first-order chi connectivity index (χ1) is 10.0. The van der Waals surface area contributed by atoms with Gasteiger partial charge in [-0.3, -0.25) is 4.99 Å². The van der Waals surface area contributed by atoms with Gasteiger partial charge in [-0.1, -0.05) is 48.5 Å². The maximum Gasteiger partial charge on any atom is 0.129 e. The van der Waals surface area contributed by atoms with Crippen LogP contribution in [0.3, 0.4) is 0 Å². The number of benzene rings is 2. The molecule has 0 spiro atoms. The molecule has 108 valence electrons. The van der Waals surface area contributed by atoms with Crippen molar-refractivity contribution >= 4 is 11.5 Å². The van der Waals surface area contributed by atoms with Crippen molar-refractivity contribution in [2.45, 2.75) is 19.4 Å². The average molecular weight is 280 g/mol. The highest BCUT2D eigenvalue weighted by molar-refractivity contribution is 6.04. The third kappa shape index (κ3) is 1.81. The van der Waals surface area contributed by atoms with Gasteiger partial charge in [-0.2, -0.15) is 0 Å². The molecule has 0 aromatic heterocycles. The molecule has 1 aliphatic heterocycles. The minimum atomic E-state index is -1.12. The lowest BCUT2D eigenvalue weighted by molar-refractivity contribution is 0.0000137. The van der Waals surface area contributed by atoms with Gasteiger partial charge >= 0.3 is 0 Å². The highest BCUT2D eigenvalue weighted by Gasteiger charge is 2.53. The normalized spacial score (nSPS) is 25.2. The second kappa shape index (κ2) is 4.71. The topological polar surface area (TPSA) is 44.6 Å². The van der Waals surface area contributed by atoms with Gasteiger partial charge in [0.2, 0.25) is 0 Å². The van der Waals surface area contributed by atoms with Gasteiger partial charge in [0.15, 0.2) is 0 Å². The van der Waals surface area contributed by atoms with E-state index in [9.17, 15) is 5.11 Å². The van der Waals surface area contributed by atoms with E-state index in [2.05, 4.69) is 10.3 Å². The van der Waals surface area contributed by atoms with Crippen LogP contribution in [-0.2, 0) is 5.60 Å². The molecule has 2 aromatic rings. The van der Waals surface area contributed by atoms with Crippen LogP contribution in [0.15, 0.2) is 59.6 Å². The van der Waals surface area contributed by atoms with Gasteiger partial charge in [-0.15, -0.1) is 0 Å². The number of fused-ring (bicyclic) bond motifs is 1. The van der Waals surface area contributed by atoms with E-state index in [1.807, 2.05) is 68.4 Å². The van der Waals surface area contributed by atoms with Gasteiger partial charge in [-0.25, -0.2) is 0 Å². The van der Waals surface area contributed by atoms with Crippen molar-refractivity contribution in [3.05, 3.63) is 65.7 Å². The Morgan fingerprint density at radius 3 is 2.24 bits per heavy atom.